The van der Waals surface area contributed by atoms with Crippen LogP contribution < -0.4 is 0 Å². The van der Waals surface area contributed by atoms with Gasteiger partial charge in [-0.05, 0) is 24.2 Å². The topological polar surface area (TPSA) is 103 Å². The Bertz CT molecular complexity index is 444. The molecule has 0 aromatic rings. The van der Waals surface area contributed by atoms with Crippen molar-refractivity contribution in [2.75, 3.05) is 5.75 Å². The molecule has 0 spiro atoms. The van der Waals surface area contributed by atoms with Crippen molar-refractivity contribution in [3.8, 4) is 0 Å². The van der Waals surface area contributed by atoms with Crippen LogP contribution in [-0.4, -0.2) is 34.8 Å². The molecular formula is C10H17BrO5S. The van der Waals surface area contributed by atoms with Gasteiger partial charge in [0.2, 0.25) is 0 Å². The summed E-state index contributed by atoms with van der Waals surface area (Å²) < 4.78 is 31.2. The van der Waals surface area contributed by atoms with E-state index in [2.05, 4.69) is 15.9 Å². The Morgan fingerprint density at radius 2 is 2.00 bits per heavy atom. The van der Waals surface area contributed by atoms with Gasteiger partial charge in [0.05, 0.1) is 16.0 Å². The minimum Gasteiger partial charge on any atom is -0.412 e. The van der Waals surface area contributed by atoms with Gasteiger partial charge >= 0.3 is 0 Å². The van der Waals surface area contributed by atoms with Crippen LogP contribution in [0.5, 0.6) is 0 Å². The molecule has 2 aliphatic rings. The molecule has 100 valence electrons. The van der Waals surface area contributed by atoms with Crippen LogP contribution in [-0.2, 0) is 14.9 Å². The number of halogens is 1. The lowest BCUT2D eigenvalue weighted by molar-refractivity contribution is -0.127. The van der Waals surface area contributed by atoms with Crippen LogP contribution in [0.1, 0.15) is 26.7 Å². The van der Waals surface area contributed by atoms with Gasteiger partial charge in [0.15, 0.2) is 5.78 Å². The minimum atomic E-state index is -4.12. The van der Waals surface area contributed by atoms with Crippen LogP contribution in [0, 0.1) is 16.7 Å². The van der Waals surface area contributed by atoms with E-state index in [4.69, 9.17) is 4.55 Å². The second-order valence-corrected chi connectivity index (χ2v) is 7.88. The number of hydrogen-bond donors (Lipinski definition) is 1. The van der Waals surface area contributed by atoms with Gasteiger partial charge in [0, 0.05) is 0 Å². The van der Waals surface area contributed by atoms with E-state index in [0.717, 1.165) is 6.42 Å². The maximum absolute atomic E-state index is 12.2. The first-order valence-corrected chi connectivity index (χ1v) is 7.78. The molecule has 2 aliphatic carbocycles. The summed E-state index contributed by atoms with van der Waals surface area (Å²) in [6, 6.07) is 0. The fourth-order valence-corrected chi connectivity index (χ4v) is 6.12. The van der Waals surface area contributed by atoms with Gasteiger partial charge < -0.3 is 5.48 Å². The zero-order valence-electron chi connectivity index (χ0n) is 9.73. The number of hydrogen-bond acceptors (Lipinski definition) is 3. The van der Waals surface area contributed by atoms with Crippen LogP contribution in [0.4, 0.5) is 0 Å². The molecule has 0 amide bonds. The normalized spacial score (nSPS) is 39.2. The van der Waals surface area contributed by atoms with Gasteiger partial charge in [-0.25, -0.2) is 0 Å². The van der Waals surface area contributed by atoms with Crippen molar-refractivity contribution in [3.63, 3.8) is 0 Å². The van der Waals surface area contributed by atoms with Crippen molar-refractivity contribution < 1.29 is 23.2 Å². The summed E-state index contributed by atoms with van der Waals surface area (Å²) in [7, 11) is -4.12. The zero-order valence-corrected chi connectivity index (χ0v) is 12.1. The van der Waals surface area contributed by atoms with Crippen molar-refractivity contribution >= 4 is 31.8 Å². The van der Waals surface area contributed by atoms with Crippen LogP contribution >= 0.6 is 15.9 Å². The fraction of sp³-hybridized carbons (Fsp3) is 0.900. The SMILES string of the molecule is CC1(C)[C@H]2CC[C@@]1(CS(=O)(=O)O)C(=O)C2Br.O. The first-order chi connectivity index (χ1) is 7.12. The summed E-state index contributed by atoms with van der Waals surface area (Å²) in [5.74, 6) is -0.335. The molecule has 0 saturated heterocycles. The number of Topliss-reactive ketones (excluding diaryl/α,β-unsaturated/α-hetero) is 1. The van der Waals surface area contributed by atoms with E-state index in [9.17, 15) is 13.2 Å². The van der Waals surface area contributed by atoms with Crippen LogP contribution in [0.2, 0.25) is 0 Å². The molecule has 1 unspecified atom stereocenters. The van der Waals surface area contributed by atoms with E-state index in [1.165, 1.54) is 0 Å². The lowest BCUT2D eigenvalue weighted by atomic mass is 9.70. The minimum absolute atomic E-state index is 0. The molecule has 0 aromatic heterocycles. The summed E-state index contributed by atoms with van der Waals surface area (Å²) in [6.07, 6.45) is 1.40. The summed E-state index contributed by atoms with van der Waals surface area (Å²) in [4.78, 5) is 11.9. The van der Waals surface area contributed by atoms with Crippen molar-refractivity contribution in [2.45, 2.75) is 31.5 Å². The summed E-state index contributed by atoms with van der Waals surface area (Å²) in [6.45, 7) is 3.85. The van der Waals surface area contributed by atoms with Gasteiger partial charge in [0.1, 0.15) is 0 Å². The van der Waals surface area contributed by atoms with E-state index in [1.54, 1.807) is 0 Å². The highest BCUT2D eigenvalue weighted by Crippen LogP contribution is 2.65. The molecule has 0 aromatic carbocycles. The Hall–Kier alpha value is 0.0200. The Labute approximate surface area is 109 Å². The predicted octanol–water partition coefficient (Wildman–Crippen LogP) is 0.818. The number of ketones is 1. The number of rotatable bonds is 2. The molecule has 5 nitrogen and oxygen atoms in total. The van der Waals surface area contributed by atoms with Crippen LogP contribution in [0.25, 0.3) is 0 Å². The molecule has 3 N–H and O–H groups in total. The maximum Gasteiger partial charge on any atom is 0.265 e. The third kappa shape index (κ3) is 1.87. The molecule has 0 aliphatic heterocycles. The molecule has 2 saturated carbocycles. The van der Waals surface area contributed by atoms with Gasteiger partial charge in [-0.2, -0.15) is 8.42 Å². The lowest BCUT2D eigenvalue weighted by Gasteiger charge is -2.35. The second kappa shape index (κ2) is 4.01. The molecule has 17 heavy (non-hydrogen) atoms. The molecule has 2 bridgehead atoms. The highest BCUT2D eigenvalue weighted by molar-refractivity contribution is 9.10. The third-order valence-electron chi connectivity index (χ3n) is 4.55. The number of alkyl halides is 1. The first-order valence-electron chi connectivity index (χ1n) is 5.25. The van der Waals surface area contributed by atoms with Crippen molar-refractivity contribution in [1.82, 2.24) is 0 Å². The summed E-state index contributed by atoms with van der Waals surface area (Å²) in [5.41, 5.74) is -1.27. The van der Waals surface area contributed by atoms with Gasteiger partial charge in [0.25, 0.3) is 10.1 Å². The average Bonchev–Trinajstić information content (AvgIpc) is 2.39. The molecular weight excluding hydrogens is 312 g/mol. The number of carbonyl (C=O) groups is 1. The first kappa shape index (κ1) is 15.1. The Balaban J connectivity index is 0.00000144. The maximum atomic E-state index is 12.2. The average molecular weight is 329 g/mol. The highest BCUT2D eigenvalue weighted by atomic mass is 79.9. The van der Waals surface area contributed by atoms with Gasteiger partial charge in [-0.1, -0.05) is 29.8 Å². The standard InChI is InChI=1S/C10H15BrO4S.H2O/c1-9(2)6-3-4-10(9,5-16(13,14)15)8(12)7(6)11;/h6-7H,3-5H2,1-2H3,(H,13,14,15);1H2/t6-,7?,10+;/m0./s1. The lowest BCUT2D eigenvalue weighted by Crippen LogP contribution is -2.43. The van der Waals surface area contributed by atoms with Crippen LogP contribution in [0.15, 0.2) is 0 Å². The monoisotopic (exact) mass is 328 g/mol. The zero-order chi connectivity index (χ0) is 12.4. The second-order valence-electron chi connectivity index (χ2n) is 5.44. The summed E-state index contributed by atoms with van der Waals surface area (Å²) >= 11 is 3.35. The van der Waals surface area contributed by atoms with Gasteiger partial charge in [-0.15, -0.1) is 0 Å². The highest BCUT2D eigenvalue weighted by Gasteiger charge is 2.69. The van der Waals surface area contributed by atoms with Crippen molar-refractivity contribution in [2.24, 2.45) is 16.7 Å². The van der Waals surface area contributed by atoms with E-state index in [1.807, 2.05) is 13.8 Å². The van der Waals surface area contributed by atoms with E-state index >= 15 is 0 Å². The van der Waals surface area contributed by atoms with E-state index in [0.29, 0.717) is 6.42 Å². The Morgan fingerprint density at radius 1 is 1.47 bits per heavy atom. The molecule has 2 fully saturated rings. The Morgan fingerprint density at radius 3 is 2.35 bits per heavy atom. The van der Waals surface area contributed by atoms with Crippen LogP contribution in [0.3, 0.4) is 0 Å². The van der Waals surface area contributed by atoms with E-state index < -0.39 is 21.3 Å². The molecule has 2 rings (SSSR count). The van der Waals surface area contributed by atoms with Gasteiger partial charge in [-0.3, -0.25) is 9.35 Å². The smallest absolute Gasteiger partial charge is 0.265 e. The Kier molecular flexibility index (Phi) is 3.56. The third-order valence-corrected chi connectivity index (χ3v) is 6.46. The quantitative estimate of drug-likeness (QED) is 0.598. The largest absolute Gasteiger partial charge is 0.412 e. The summed E-state index contributed by atoms with van der Waals surface area (Å²) in [5, 5.41) is 0. The number of fused-ring (bicyclic) bond motifs is 2. The van der Waals surface area contributed by atoms with Crippen molar-refractivity contribution in [1.29, 1.82) is 0 Å². The molecule has 0 heterocycles. The van der Waals surface area contributed by atoms with E-state index in [-0.39, 0.29) is 27.4 Å². The predicted molar refractivity (Wildman–Crippen MR) is 66.7 cm³/mol. The fourth-order valence-electron chi connectivity index (χ4n) is 3.48. The molecule has 3 atom stereocenters. The molecule has 7 heteroatoms. The number of carbonyl (C=O) groups excluding carboxylic acids is 1. The molecule has 0 radical (unpaired) electrons. The van der Waals surface area contributed by atoms with Crippen molar-refractivity contribution in [3.05, 3.63) is 0 Å².